The summed E-state index contributed by atoms with van der Waals surface area (Å²) in [5.74, 6) is 0.917. The van der Waals surface area contributed by atoms with Crippen LogP contribution in [-0.2, 0) is 6.54 Å². The molecular formula is C20H24N2O2. The second-order valence-corrected chi connectivity index (χ2v) is 6.45. The molecule has 0 heterocycles. The molecule has 0 radical (unpaired) electrons. The average molecular weight is 324 g/mol. The fourth-order valence-corrected chi connectivity index (χ4v) is 2.45. The summed E-state index contributed by atoms with van der Waals surface area (Å²) in [7, 11) is 0. The monoisotopic (exact) mass is 324 g/mol. The molecule has 2 aromatic carbocycles. The van der Waals surface area contributed by atoms with Gasteiger partial charge in [0.25, 0.3) is 5.91 Å². The van der Waals surface area contributed by atoms with Gasteiger partial charge in [0.15, 0.2) is 0 Å². The summed E-state index contributed by atoms with van der Waals surface area (Å²) in [6, 6.07) is 16.0. The SMILES string of the molecule is CC(C)Oc1ccccc1CNc1ccc(C(=O)NC2CC2)cc1. The molecule has 3 rings (SSSR count). The van der Waals surface area contributed by atoms with Gasteiger partial charge in [-0.25, -0.2) is 0 Å². The predicted molar refractivity (Wildman–Crippen MR) is 96.5 cm³/mol. The van der Waals surface area contributed by atoms with Crippen molar-refractivity contribution in [2.75, 3.05) is 5.32 Å². The Kier molecular flexibility index (Phi) is 5.04. The number of para-hydroxylation sites is 1. The second-order valence-electron chi connectivity index (χ2n) is 6.45. The zero-order valence-corrected chi connectivity index (χ0v) is 14.2. The summed E-state index contributed by atoms with van der Waals surface area (Å²) in [6.07, 6.45) is 2.35. The van der Waals surface area contributed by atoms with Gasteiger partial charge < -0.3 is 15.4 Å². The van der Waals surface area contributed by atoms with E-state index in [0.717, 1.165) is 29.8 Å². The Morgan fingerprint density at radius 1 is 1.12 bits per heavy atom. The molecule has 0 aliphatic heterocycles. The summed E-state index contributed by atoms with van der Waals surface area (Å²) in [4.78, 5) is 12.0. The molecule has 0 spiro atoms. The fraction of sp³-hybridized carbons (Fsp3) is 0.350. The van der Waals surface area contributed by atoms with E-state index in [4.69, 9.17) is 4.74 Å². The van der Waals surface area contributed by atoms with Crippen molar-refractivity contribution in [1.82, 2.24) is 5.32 Å². The van der Waals surface area contributed by atoms with Gasteiger partial charge in [-0.15, -0.1) is 0 Å². The van der Waals surface area contributed by atoms with Crippen LogP contribution in [0.25, 0.3) is 0 Å². The van der Waals surface area contributed by atoms with Crippen LogP contribution >= 0.6 is 0 Å². The molecule has 1 fully saturated rings. The van der Waals surface area contributed by atoms with Crippen molar-refractivity contribution in [3.63, 3.8) is 0 Å². The molecule has 0 atom stereocenters. The maximum absolute atomic E-state index is 12.0. The Morgan fingerprint density at radius 3 is 2.50 bits per heavy atom. The molecule has 0 aromatic heterocycles. The fourth-order valence-electron chi connectivity index (χ4n) is 2.45. The van der Waals surface area contributed by atoms with Gasteiger partial charge in [0.1, 0.15) is 5.75 Å². The van der Waals surface area contributed by atoms with E-state index in [2.05, 4.69) is 16.7 Å². The Balaban J connectivity index is 1.59. The van der Waals surface area contributed by atoms with Gasteiger partial charge in [0.05, 0.1) is 6.10 Å². The third-order valence-corrected chi connectivity index (χ3v) is 3.88. The number of hydrogen-bond acceptors (Lipinski definition) is 3. The van der Waals surface area contributed by atoms with Crippen LogP contribution in [0.1, 0.15) is 42.6 Å². The van der Waals surface area contributed by atoms with E-state index < -0.39 is 0 Å². The first-order valence-electron chi connectivity index (χ1n) is 8.51. The summed E-state index contributed by atoms with van der Waals surface area (Å²) < 4.78 is 5.83. The molecule has 126 valence electrons. The van der Waals surface area contributed by atoms with Gasteiger partial charge in [-0.1, -0.05) is 18.2 Å². The maximum atomic E-state index is 12.0. The van der Waals surface area contributed by atoms with Crippen LogP contribution in [0, 0.1) is 0 Å². The smallest absolute Gasteiger partial charge is 0.251 e. The lowest BCUT2D eigenvalue weighted by atomic mass is 10.1. The Bertz CT molecular complexity index is 691. The predicted octanol–water partition coefficient (Wildman–Crippen LogP) is 3.98. The van der Waals surface area contributed by atoms with Crippen LogP contribution in [0.2, 0.25) is 0 Å². The highest BCUT2D eigenvalue weighted by Crippen LogP contribution is 2.22. The number of hydrogen-bond donors (Lipinski definition) is 2. The summed E-state index contributed by atoms with van der Waals surface area (Å²) in [5, 5.41) is 6.38. The van der Waals surface area contributed by atoms with Crippen LogP contribution in [0.5, 0.6) is 5.75 Å². The molecule has 4 heteroatoms. The number of rotatable bonds is 7. The number of nitrogens with one attached hydrogen (secondary N) is 2. The molecule has 2 aromatic rings. The van der Waals surface area contributed by atoms with Gasteiger partial charge in [-0.3, -0.25) is 4.79 Å². The molecule has 0 unspecified atom stereocenters. The third kappa shape index (κ3) is 4.51. The first-order chi connectivity index (χ1) is 11.6. The highest BCUT2D eigenvalue weighted by Gasteiger charge is 2.23. The van der Waals surface area contributed by atoms with E-state index >= 15 is 0 Å². The highest BCUT2D eigenvalue weighted by molar-refractivity contribution is 5.94. The largest absolute Gasteiger partial charge is 0.491 e. The van der Waals surface area contributed by atoms with E-state index in [1.807, 2.05) is 56.3 Å². The van der Waals surface area contributed by atoms with Crippen molar-refractivity contribution in [2.45, 2.75) is 45.4 Å². The molecular weight excluding hydrogens is 300 g/mol. The lowest BCUT2D eigenvalue weighted by Crippen LogP contribution is -2.25. The van der Waals surface area contributed by atoms with E-state index in [9.17, 15) is 4.79 Å². The second kappa shape index (κ2) is 7.39. The standard InChI is InChI=1S/C20H24N2O2/c1-14(2)24-19-6-4-3-5-16(19)13-21-17-9-7-15(8-10-17)20(23)22-18-11-12-18/h3-10,14,18,21H,11-13H2,1-2H3,(H,22,23). The molecule has 2 N–H and O–H groups in total. The van der Waals surface area contributed by atoms with Gasteiger partial charge >= 0.3 is 0 Å². The number of carbonyl (C=O) groups excluding carboxylic acids is 1. The van der Waals surface area contributed by atoms with Crippen molar-refractivity contribution in [3.05, 3.63) is 59.7 Å². The van der Waals surface area contributed by atoms with Crippen LogP contribution < -0.4 is 15.4 Å². The first-order valence-corrected chi connectivity index (χ1v) is 8.51. The lowest BCUT2D eigenvalue weighted by molar-refractivity contribution is 0.0951. The number of ether oxygens (including phenoxy) is 1. The molecule has 24 heavy (non-hydrogen) atoms. The van der Waals surface area contributed by atoms with Crippen molar-refractivity contribution < 1.29 is 9.53 Å². The minimum Gasteiger partial charge on any atom is -0.491 e. The normalized spacial score (nSPS) is 13.6. The van der Waals surface area contributed by atoms with Crippen LogP contribution in [0.15, 0.2) is 48.5 Å². The lowest BCUT2D eigenvalue weighted by Gasteiger charge is -2.15. The van der Waals surface area contributed by atoms with Gasteiger partial charge in [-0.05, 0) is 57.0 Å². The van der Waals surface area contributed by atoms with Gasteiger partial charge in [0, 0.05) is 29.4 Å². The minimum atomic E-state index is 0.0136. The Hall–Kier alpha value is -2.49. The topological polar surface area (TPSA) is 50.4 Å². The van der Waals surface area contributed by atoms with Crippen LogP contribution in [0.3, 0.4) is 0 Å². The van der Waals surface area contributed by atoms with E-state index in [1.54, 1.807) is 0 Å². The van der Waals surface area contributed by atoms with E-state index in [1.165, 1.54) is 0 Å². The molecule has 1 aliphatic rings. The zero-order valence-electron chi connectivity index (χ0n) is 14.2. The summed E-state index contributed by atoms with van der Waals surface area (Å²) >= 11 is 0. The van der Waals surface area contributed by atoms with E-state index in [-0.39, 0.29) is 12.0 Å². The molecule has 1 aliphatic carbocycles. The molecule has 1 amide bonds. The summed E-state index contributed by atoms with van der Waals surface area (Å²) in [6.45, 7) is 4.72. The van der Waals surface area contributed by atoms with E-state index in [0.29, 0.717) is 18.2 Å². The van der Waals surface area contributed by atoms with Crippen molar-refractivity contribution >= 4 is 11.6 Å². The average Bonchev–Trinajstić information content (AvgIpc) is 3.38. The molecule has 1 saturated carbocycles. The van der Waals surface area contributed by atoms with Crippen LogP contribution in [-0.4, -0.2) is 18.1 Å². The van der Waals surface area contributed by atoms with Crippen molar-refractivity contribution in [3.8, 4) is 5.75 Å². The quantitative estimate of drug-likeness (QED) is 0.810. The van der Waals surface area contributed by atoms with Crippen molar-refractivity contribution in [1.29, 1.82) is 0 Å². The number of carbonyl (C=O) groups is 1. The molecule has 0 bridgehead atoms. The third-order valence-electron chi connectivity index (χ3n) is 3.88. The number of anilines is 1. The maximum Gasteiger partial charge on any atom is 0.251 e. The molecule has 4 nitrogen and oxygen atoms in total. The zero-order chi connectivity index (χ0) is 16.9. The van der Waals surface area contributed by atoms with Crippen molar-refractivity contribution in [2.24, 2.45) is 0 Å². The Labute approximate surface area is 143 Å². The molecule has 0 saturated heterocycles. The highest BCUT2D eigenvalue weighted by atomic mass is 16.5. The van der Waals surface area contributed by atoms with Gasteiger partial charge in [0.2, 0.25) is 0 Å². The first kappa shape index (κ1) is 16.4. The summed E-state index contributed by atoms with van der Waals surface area (Å²) in [5.41, 5.74) is 2.80. The minimum absolute atomic E-state index is 0.0136. The number of amides is 1. The Morgan fingerprint density at radius 2 is 1.83 bits per heavy atom. The number of benzene rings is 2. The van der Waals surface area contributed by atoms with Crippen LogP contribution in [0.4, 0.5) is 5.69 Å². The van der Waals surface area contributed by atoms with Gasteiger partial charge in [-0.2, -0.15) is 0 Å².